The molecule has 0 saturated heterocycles. The van der Waals surface area contributed by atoms with Crippen LogP contribution in [0.25, 0.3) is 22.8 Å². The summed E-state index contributed by atoms with van der Waals surface area (Å²) in [6, 6.07) is 25.5. The van der Waals surface area contributed by atoms with Crippen LogP contribution in [0.3, 0.4) is 0 Å². The van der Waals surface area contributed by atoms with Gasteiger partial charge in [0.25, 0.3) is 0 Å². The molecule has 5 heteroatoms. The number of pyridine rings is 3. The fraction of sp³-hybridized carbons (Fsp3) is 0.0435. The molecule has 28 heavy (non-hydrogen) atoms. The van der Waals surface area contributed by atoms with E-state index in [0.29, 0.717) is 0 Å². The van der Waals surface area contributed by atoms with Crippen LogP contribution in [0.1, 0.15) is 12.5 Å². The van der Waals surface area contributed by atoms with Crippen molar-refractivity contribution in [2.45, 2.75) is 6.92 Å². The molecule has 0 amide bonds. The van der Waals surface area contributed by atoms with Gasteiger partial charge in [-0.2, -0.15) is 5.10 Å². The van der Waals surface area contributed by atoms with Crippen molar-refractivity contribution in [2.24, 2.45) is 5.10 Å². The van der Waals surface area contributed by atoms with Gasteiger partial charge in [0.05, 0.1) is 34.2 Å². The Labute approximate surface area is 163 Å². The lowest BCUT2D eigenvalue weighted by Crippen LogP contribution is -2.01. The van der Waals surface area contributed by atoms with Gasteiger partial charge in [-0.15, -0.1) is 0 Å². The van der Waals surface area contributed by atoms with Crippen LogP contribution < -0.4 is 5.43 Å². The van der Waals surface area contributed by atoms with Gasteiger partial charge in [-0.25, -0.2) is 4.98 Å². The minimum absolute atomic E-state index is 0.763. The van der Waals surface area contributed by atoms with E-state index in [1.807, 2.05) is 85.8 Å². The second-order valence-corrected chi connectivity index (χ2v) is 6.23. The summed E-state index contributed by atoms with van der Waals surface area (Å²) in [5, 5.41) is 4.53. The standard InChI is InChI=1S/C23H19N5/c1-17(18-9-3-2-4-10-18)27-28-19-15-22(20-11-5-7-13-24-20)26-23(16-19)21-12-6-8-14-25-21/h2-16H,1H3,(H,26,28)/b27-17+. The molecule has 3 heterocycles. The Kier molecular flexibility index (Phi) is 5.15. The number of hydrogen-bond donors (Lipinski definition) is 1. The summed E-state index contributed by atoms with van der Waals surface area (Å²) >= 11 is 0. The Morgan fingerprint density at radius 2 is 1.29 bits per heavy atom. The van der Waals surface area contributed by atoms with Crippen LogP contribution in [0.4, 0.5) is 5.69 Å². The summed E-state index contributed by atoms with van der Waals surface area (Å²) in [7, 11) is 0. The molecule has 1 N–H and O–H groups in total. The monoisotopic (exact) mass is 365 g/mol. The first-order valence-corrected chi connectivity index (χ1v) is 9.00. The summed E-state index contributed by atoms with van der Waals surface area (Å²) in [6.07, 6.45) is 3.52. The van der Waals surface area contributed by atoms with Crippen LogP contribution >= 0.6 is 0 Å². The first-order chi connectivity index (χ1) is 13.8. The third-order valence-electron chi connectivity index (χ3n) is 4.22. The molecule has 0 fully saturated rings. The first-order valence-electron chi connectivity index (χ1n) is 9.00. The number of hydrazone groups is 1. The maximum absolute atomic E-state index is 4.75. The molecule has 0 saturated carbocycles. The predicted octanol–water partition coefficient (Wildman–Crippen LogP) is 5.04. The highest BCUT2D eigenvalue weighted by atomic mass is 15.3. The van der Waals surface area contributed by atoms with E-state index in [1.54, 1.807) is 12.4 Å². The topological polar surface area (TPSA) is 63.1 Å². The molecule has 0 unspecified atom stereocenters. The molecule has 4 aromatic rings. The van der Waals surface area contributed by atoms with Gasteiger partial charge in [0.1, 0.15) is 0 Å². The molecular formula is C23H19N5. The van der Waals surface area contributed by atoms with Crippen molar-refractivity contribution in [3.63, 3.8) is 0 Å². The zero-order valence-corrected chi connectivity index (χ0v) is 15.4. The van der Waals surface area contributed by atoms with E-state index in [0.717, 1.165) is 39.7 Å². The van der Waals surface area contributed by atoms with Gasteiger partial charge < -0.3 is 0 Å². The van der Waals surface area contributed by atoms with E-state index in [2.05, 4.69) is 20.5 Å². The van der Waals surface area contributed by atoms with E-state index in [-0.39, 0.29) is 0 Å². The van der Waals surface area contributed by atoms with Crippen molar-refractivity contribution in [2.75, 3.05) is 5.43 Å². The molecule has 136 valence electrons. The Morgan fingerprint density at radius 1 is 0.714 bits per heavy atom. The van der Waals surface area contributed by atoms with E-state index < -0.39 is 0 Å². The average molecular weight is 365 g/mol. The number of hydrogen-bond acceptors (Lipinski definition) is 5. The maximum Gasteiger partial charge on any atom is 0.0915 e. The van der Waals surface area contributed by atoms with Crippen LogP contribution in [0.5, 0.6) is 0 Å². The molecule has 0 spiro atoms. The zero-order valence-electron chi connectivity index (χ0n) is 15.4. The molecule has 4 rings (SSSR count). The summed E-state index contributed by atoms with van der Waals surface area (Å²) in [5.74, 6) is 0. The van der Waals surface area contributed by atoms with E-state index in [4.69, 9.17) is 4.98 Å². The lowest BCUT2D eigenvalue weighted by Gasteiger charge is -2.09. The quantitative estimate of drug-likeness (QED) is 0.397. The second-order valence-electron chi connectivity index (χ2n) is 6.23. The lowest BCUT2D eigenvalue weighted by atomic mass is 10.1. The van der Waals surface area contributed by atoms with Crippen molar-refractivity contribution in [1.29, 1.82) is 0 Å². The van der Waals surface area contributed by atoms with Crippen molar-refractivity contribution in [3.05, 3.63) is 96.8 Å². The molecule has 0 bridgehead atoms. The van der Waals surface area contributed by atoms with Gasteiger partial charge in [0, 0.05) is 12.4 Å². The third kappa shape index (κ3) is 4.10. The Balaban J connectivity index is 1.72. The zero-order chi connectivity index (χ0) is 19.2. The molecule has 1 aromatic carbocycles. The van der Waals surface area contributed by atoms with Gasteiger partial charge in [-0.3, -0.25) is 15.4 Å². The highest BCUT2D eigenvalue weighted by molar-refractivity contribution is 5.99. The van der Waals surface area contributed by atoms with E-state index in [1.165, 1.54) is 0 Å². The summed E-state index contributed by atoms with van der Waals surface area (Å²) < 4.78 is 0. The van der Waals surface area contributed by atoms with Crippen molar-refractivity contribution in [3.8, 4) is 22.8 Å². The summed E-state index contributed by atoms with van der Waals surface area (Å²) in [4.78, 5) is 13.6. The molecule has 0 aliphatic rings. The van der Waals surface area contributed by atoms with Crippen molar-refractivity contribution >= 4 is 11.4 Å². The van der Waals surface area contributed by atoms with Crippen LogP contribution in [0.15, 0.2) is 96.4 Å². The van der Waals surface area contributed by atoms with Crippen molar-refractivity contribution < 1.29 is 0 Å². The largest absolute Gasteiger partial charge is 0.278 e. The van der Waals surface area contributed by atoms with E-state index in [9.17, 15) is 0 Å². The number of rotatable bonds is 5. The molecule has 0 atom stereocenters. The molecule has 0 aliphatic heterocycles. The normalized spacial score (nSPS) is 11.2. The van der Waals surface area contributed by atoms with Crippen LogP contribution in [0.2, 0.25) is 0 Å². The minimum Gasteiger partial charge on any atom is -0.278 e. The van der Waals surface area contributed by atoms with Gasteiger partial charge >= 0.3 is 0 Å². The highest BCUT2D eigenvalue weighted by Gasteiger charge is 2.09. The number of nitrogens with one attached hydrogen (secondary N) is 1. The Morgan fingerprint density at radius 3 is 1.82 bits per heavy atom. The van der Waals surface area contributed by atoms with Gasteiger partial charge in [0.15, 0.2) is 0 Å². The summed E-state index contributed by atoms with van der Waals surface area (Å²) in [6.45, 7) is 1.98. The fourth-order valence-corrected chi connectivity index (χ4v) is 2.78. The fourth-order valence-electron chi connectivity index (χ4n) is 2.78. The number of anilines is 1. The molecule has 3 aromatic heterocycles. The first kappa shape index (κ1) is 17.5. The predicted molar refractivity (Wildman–Crippen MR) is 113 cm³/mol. The molecule has 5 nitrogen and oxygen atoms in total. The highest BCUT2D eigenvalue weighted by Crippen LogP contribution is 2.25. The smallest absolute Gasteiger partial charge is 0.0915 e. The minimum atomic E-state index is 0.763. The molecule has 0 radical (unpaired) electrons. The van der Waals surface area contributed by atoms with Crippen LogP contribution in [-0.2, 0) is 0 Å². The van der Waals surface area contributed by atoms with Gasteiger partial charge in [-0.05, 0) is 48.9 Å². The lowest BCUT2D eigenvalue weighted by molar-refractivity contribution is 1.21. The molecular weight excluding hydrogens is 346 g/mol. The number of nitrogens with zero attached hydrogens (tertiary/aromatic N) is 4. The van der Waals surface area contributed by atoms with Crippen LogP contribution in [-0.4, -0.2) is 20.7 Å². The maximum atomic E-state index is 4.75. The SMILES string of the molecule is C/C(=N\Nc1cc(-c2ccccn2)nc(-c2ccccn2)c1)c1ccccc1. The van der Waals surface area contributed by atoms with Gasteiger partial charge in [-0.1, -0.05) is 42.5 Å². The second kappa shape index (κ2) is 8.22. The van der Waals surface area contributed by atoms with E-state index >= 15 is 0 Å². The number of benzene rings is 1. The Bertz CT molecular complexity index is 1020. The third-order valence-corrected chi connectivity index (χ3v) is 4.22. The molecule has 0 aliphatic carbocycles. The average Bonchev–Trinajstić information content (AvgIpc) is 2.79. The Hall–Kier alpha value is -3.86. The van der Waals surface area contributed by atoms with Gasteiger partial charge in [0.2, 0.25) is 0 Å². The van der Waals surface area contributed by atoms with Crippen LogP contribution in [0, 0.1) is 0 Å². The number of aromatic nitrogens is 3. The summed E-state index contributed by atoms with van der Waals surface area (Å²) in [5.41, 5.74) is 9.07. The van der Waals surface area contributed by atoms with Crippen molar-refractivity contribution in [1.82, 2.24) is 15.0 Å².